The first kappa shape index (κ1) is 45.7. The number of carbonyl (C=O) groups is 1. The summed E-state index contributed by atoms with van der Waals surface area (Å²) in [7, 11) is 1.97. The Kier molecular flexibility index (Phi) is 12.5. The van der Waals surface area contributed by atoms with Crippen LogP contribution in [0.5, 0.6) is 5.88 Å². The Bertz CT molecular complexity index is 2740. The van der Waals surface area contributed by atoms with E-state index in [1.165, 1.54) is 46.5 Å². The Balaban J connectivity index is 0.672. The minimum atomic E-state index is 0.125. The third-order valence-electron chi connectivity index (χ3n) is 16.5. The number of ether oxygens (including phenoxy) is 1. The van der Waals surface area contributed by atoms with E-state index < -0.39 is 0 Å². The number of amidine groups is 1. The number of aromatic nitrogens is 4. The lowest BCUT2D eigenvalue weighted by molar-refractivity contribution is -0.479. The Morgan fingerprint density at radius 2 is 1.86 bits per heavy atom. The number of carbonyl (C=O) groups excluding carboxylic acids is 1. The van der Waals surface area contributed by atoms with Crippen LogP contribution >= 0.6 is 11.6 Å². The van der Waals surface area contributed by atoms with E-state index in [9.17, 15) is 10.1 Å². The van der Waals surface area contributed by atoms with Gasteiger partial charge in [-0.05, 0) is 142 Å². The van der Waals surface area contributed by atoms with Gasteiger partial charge in [-0.25, -0.2) is 0 Å². The number of piperidine rings is 1. The zero-order chi connectivity index (χ0) is 47.4. The predicted molar refractivity (Wildman–Crippen MR) is 271 cm³/mol. The molecule has 0 radical (unpaired) electrons. The Morgan fingerprint density at radius 1 is 1.01 bits per heavy atom. The molecule has 69 heavy (non-hydrogen) atoms. The van der Waals surface area contributed by atoms with Crippen LogP contribution in [0.15, 0.2) is 71.2 Å². The van der Waals surface area contributed by atoms with Gasteiger partial charge in [-0.3, -0.25) is 14.4 Å². The smallest absolute Gasteiger partial charge is 0.233 e. The fourth-order valence-electron chi connectivity index (χ4n) is 12.7. The highest BCUT2D eigenvalue weighted by Gasteiger charge is 2.45. The van der Waals surface area contributed by atoms with Crippen molar-refractivity contribution in [3.05, 3.63) is 87.8 Å². The maximum Gasteiger partial charge on any atom is 0.233 e. The number of aryl methyl sites for hydroxylation is 3. The first-order valence-corrected chi connectivity index (χ1v) is 25.9. The van der Waals surface area contributed by atoms with Crippen molar-refractivity contribution in [2.24, 2.45) is 29.4 Å². The van der Waals surface area contributed by atoms with Gasteiger partial charge in [0.15, 0.2) is 12.0 Å². The molecule has 1 saturated carbocycles. The third kappa shape index (κ3) is 9.25. The molecule has 2 aromatic carbocycles. The van der Waals surface area contributed by atoms with E-state index in [4.69, 9.17) is 21.4 Å². The van der Waals surface area contributed by atoms with Crippen LogP contribution < -0.4 is 19.4 Å². The van der Waals surface area contributed by atoms with E-state index >= 15 is 0 Å². The third-order valence-corrected chi connectivity index (χ3v) is 16.9. The topological polar surface area (TPSA) is 125 Å². The van der Waals surface area contributed by atoms with Crippen molar-refractivity contribution in [3.8, 4) is 23.1 Å². The second-order valence-corrected chi connectivity index (χ2v) is 21.6. The largest absolute Gasteiger partial charge is 0.472 e. The molecule has 7 aliphatic rings. The van der Waals surface area contributed by atoms with Crippen LogP contribution in [0, 0.1) is 35.5 Å². The molecule has 2 aromatic heterocycles. The summed E-state index contributed by atoms with van der Waals surface area (Å²) in [6.45, 7) is 14.5. The molecule has 0 N–H and O–H groups in total. The molecular weight excluding hydrogens is 884 g/mol. The lowest BCUT2D eigenvalue weighted by Gasteiger charge is -2.39. The van der Waals surface area contributed by atoms with E-state index in [-0.39, 0.29) is 17.4 Å². The van der Waals surface area contributed by atoms with Crippen LogP contribution in [-0.2, 0) is 18.3 Å². The Labute approximate surface area is 411 Å². The van der Waals surface area contributed by atoms with Gasteiger partial charge in [0.2, 0.25) is 23.3 Å². The molecule has 1 spiro atoms. The average Bonchev–Trinajstić information content (AvgIpc) is 4.15. The number of fused-ring (bicyclic) bond motifs is 1. The highest BCUT2D eigenvalue weighted by Crippen LogP contribution is 2.46. The van der Waals surface area contributed by atoms with E-state index in [1.807, 2.05) is 47.1 Å². The Morgan fingerprint density at radius 3 is 2.59 bits per heavy atom. The highest BCUT2D eigenvalue weighted by molar-refractivity contribution is 6.32. The molecule has 14 nitrogen and oxygen atoms in total. The Hall–Kier alpha value is -5.78. The molecule has 15 heteroatoms. The van der Waals surface area contributed by atoms with Gasteiger partial charge in [0.05, 0.1) is 35.3 Å². The summed E-state index contributed by atoms with van der Waals surface area (Å²) in [6.07, 6.45) is 18.6. The predicted octanol–water partition coefficient (Wildman–Crippen LogP) is 8.23. The first-order valence-electron chi connectivity index (χ1n) is 25.5. The summed E-state index contributed by atoms with van der Waals surface area (Å²) >= 11 is 6.41. The van der Waals surface area contributed by atoms with Crippen molar-refractivity contribution in [2.75, 3.05) is 73.6 Å². The van der Waals surface area contributed by atoms with Gasteiger partial charge in [-0.2, -0.15) is 10.4 Å². The molecule has 11 rings (SSSR count). The number of hydrazone groups is 1. The number of hydrogen-bond donors (Lipinski definition) is 0. The first-order chi connectivity index (χ1) is 33.5. The lowest BCUT2D eigenvalue weighted by atomic mass is 9.77. The molecule has 8 heterocycles. The second kappa shape index (κ2) is 18.9. The van der Waals surface area contributed by atoms with Gasteiger partial charge in [0.1, 0.15) is 12.2 Å². The number of rotatable bonds is 8. The fraction of sp³-hybridized carbons (Fsp3) is 0.537. The number of halogens is 1. The summed E-state index contributed by atoms with van der Waals surface area (Å²) in [6, 6.07) is 17.2. The molecule has 0 unspecified atom stereocenters. The minimum absolute atomic E-state index is 0.125. The molecule has 6 aliphatic heterocycles. The maximum absolute atomic E-state index is 12.7. The molecular formula is C54H66ClN12O2+. The van der Waals surface area contributed by atoms with Crippen LogP contribution in [0.1, 0.15) is 94.7 Å². The van der Waals surface area contributed by atoms with E-state index in [2.05, 4.69) is 90.1 Å². The molecule has 360 valence electrons. The van der Waals surface area contributed by atoms with Crippen molar-refractivity contribution < 1.29 is 14.2 Å². The molecule has 4 fully saturated rings. The van der Waals surface area contributed by atoms with E-state index in [1.54, 1.807) is 6.92 Å². The van der Waals surface area contributed by atoms with Gasteiger partial charge in [0.25, 0.3) is 0 Å². The molecule has 2 atom stereocenters. The molecule has 1 aliphatic carbocycles. The van der Waals surface area contributed by atoms with Gasteiger partial charge in [0, 0.05) is 113 Å². The van der Waals surface area contributed by atoms with Crippen molar-refractivity contribution in [3.63, 3.8) is 0 Å². The number of benzene rings is 2. The number of likely N-dealkylation sites (tertiary alicyclic amines) is 1. The summed E-state index contributed by atoms with van der Waals surface area (Å²) in [4.78, 5) is 24.5. The van der Waals surface area contributed by atoms with Crippen LogP contribution in [0.4, 0.5) is 17.2 Å². The molecule has 0 bridgehead atoms. The lowest BCUT2D eigenvalue weighted by Crippen LogP contribution is -2.42. The van der Waals surface area contributed by atoms with Crippen molar-refractivity contribution in [1.82, 2.24) is 29.8 Å². The van der Waals surface area contributed by atoms with Gasteiger partial charge >= 0.3 is 0 Å². The van der Waals surface area contributed by atoms with Crippen LogP contribution in [0.2, 0.25) is 5.02 Å². The summed E-state index contributed by atoms with van der Waals surface area (Å²) in [5, 5.41) is 28.9. The maximum atomic E-state index is 12.7. The van der Waals surface area contributed by atoms with E-state index in [0.29, 0.717) is 40.9 Å². The second-order valence-electron chi connectivity index (χ2n) is 21.2. The zero-order valence-electron chi connectivity index (χ0n) is 40.8. The van der Waals surface area contributed by atoms with Crippen molar-refractivity contribution in [1.29, 1.82) is 5.26 Å². The van der Waals surface area contributed by atoms with E-state index in [0.717, 1.165) is 133 Å². The standard InChI is InChI=1S/C54H66ClN12O2/c1-36-24-50-41(25-46(36)43-29-57-61(4)32-43)6-5-19-65(50)53-47-34-64(38(3)68)21-16-49(47)67(60-53)31-40-9-7-39(8-10-40)30-62-20-15-45(33-62)69-52-14-13-51(58-59-52)63-22-17-54(18-23-63)27-37(2)66(35-54)44-12-11-42(28-56)48(55)26-44/h11-14,24-26,29,31-32,37,39-40,45H,5-10,15-23,27,30,33-35H2,1-4H3/q+1/b67-31-/t37-,39?,40?,45-/m0/s1. The summed E-state index contributed by atoms with van der Waals surface area (Å²) in [5.74, 6) is 3.83. The molecule has 1 amide bonds. The van der Waals surface area contributed by atoms with Crippen LogP contribution in [0.3, 0.4) is 0 Å². The summed E-state index contributed by atoms with van der Waals surface area (Å²) < 4.78 is 10.5. The SMILES string of the molecule is CC(=O)N1CCC2=C(C1)C(N1CCCc3cc(-c4cnn(C)c4)c(C)cc31)=N/[N+]2=C\C1CCC(CN2CC[C@H](Oc3ccc(N4CCC5(CC4)C[C@H](C)N(c4ccc(C#N)c(Cl)c4)C5)nn3)C2)CC1. The highest BCUT2D eigenvalue weighted by atomic mass is 35.5. The number of hydrogen-bond acceptors (Lipinski definition) is 11. The fourth-order valence-corrected chi connectivity index (χ4v) is 13.0. The molecule has 4 aromatic rings. The number of nitrogens with zero attached hydrogens (tertiary/aromatic N) is 12. The van der Waals surface area contributed by atoms with Crippen molar-refractivity contribution >= 4 is 46.8 Å². The normalized spacial score (nSPS) is 25.3. The molecule has 3 saturated heterocycles. The van der Waals surface area contributed by atoms with Crippen LogP contribution in [0.25, 0.3) is 11.1 Å². The van der Waals surface area contributed by atoms with Gasteiger partial charge in [-0.15, -0.1) is 10.2 Å². The average molecular weight is 951 g/mol. The van der Waals surface area contributed by atoms with Crippen molar-refractivity contribution in [2.45, 2.75) is 104 Å². The number of amides is 1. The summed E-state index contributed by atoms with van der Waals surface area (Å²) in [5.41, 5.74) is 10.6. The zero-order valence-corrected chi connectivity index (χ0v) is 41.5. The monoisotopic (exact) mass is 950 g/mol. The minimum Gasteiger partial charge on any atom is -0.472 e. The quantitative estimate of drug-likeness (QED) is 0.160. The van der Waals surface area contributed by atoms with Gasteiger partial charge < -0.3 is 24.3 Å². The van der Waals surface area contributed by atoms with Gasteiger partial charge in [-0.1, -0.05) is 16.3 Å². The number of anilines is 3. The number of nitriles is 1. The van der Waals surface area contributed by atoms with Crippen LogP contribution in [-0.4, -0.2) is 123 Å².